The van der Waals surface area contributed by atoms with Gasteiger partial charge in [0, 0.05) is 49.7 Å². The Morgan fingerprint density at radius 3 is 2.80 bits per heavy atom. The Morgan fingerprint density at radius 1 is 1.20 bits per heavy atom. The van der Waals surface area contributed by atoms with Crippen LogP contribution < -0.4 is 15.5 Å². The molecule has 2 saturated heterocycles. The Kier molecular flexibility index (Phi) is 8.48. The fraction of sp³-hybridized carbons (Fsp3) is 0.500. The number of carbonyl (C=O) groups excluding carboxylic acids is 1. The van der Waals surface area contributed by atoms with Crippen LogP contribution in [0.25, 0.3) is 22.4 Å². The number of likely N-dealkylation sites (tertiary alicyclic amines) is 1. The number of ether oxygens (including phenoxy) is 1. The number of alkyl halides is 4. The van der Waals surface area contributed by atoms with Gasteiger partial charge in [0.25, 0.3) is 5.91 Å². The molecule has 0 saturated carbocycles. The molecule has 11 nitrogen and oxygen atoms in total. The van der Waals surface area contributed by atoms with Crippen LogP contribution in [0.4, 0.5) is 28.4 Å². The topological polar surface area (TPSA) is 114 Å². The molecular formula is C28H32F4N8O3S. The van der Waals surface area contributed by atoms with Crippen LogP contribution in [0.15, 0.2) is 34.2 Å². The quantitative estimate of drug-likeness (QED) is 0.260. The average Bonchev–Trinajstić information content (AvgIpc) is 3.79. The number of benzene rings is 1. The van der Waals surface area contributed by atoms with E-state index in [4.69, 9.17) is 9.26 Å². The van der Waals surface area contributed by atoms with Crippen LogP contribution in [0.1, 0.15) is 29.2 Å². The van der Waals surface area contributed by atoms with Crippen molar-refractivity contribution in [3.05, 3.63) is 41.2 Å². The van der Waals surface area contributed by atoms with Crippen molar-refractivity contribution in [1.29, 1.82) is 0 Å². The molecule has 16 heteroatoms. The van der Waals surface area contributed by atoms with E-state index < -0.39 is 30.8 Å². The average molecular weight is 637 g/mol. The van der Waals surface area contributed by atoms with Crippen LogP contribution >= 0.6 is 11.3 Å². The summed E-state index contributed by atoms with van der Waals surface area (Å²) < 4.78 is 67.6. The zero-order chi connectivity index (χ0) is 31.0. The second kappa shape index (κ2) is 12.3. The largest absolute Gasteiger partial charge is 0.406 e. The van der Waals surface area contributed by atoms with E-state index in [1.54, 1.807) is 36.8 Å². The molecule has 5 heterocycles. The number of amides is 1. The summed E-state index contributed by atoms with van der Waals surface area (Å²) in [6, 6.07) is 5.98. The summed E-state index contributed by atoms with van der Waals surface area (Å²) in [4.78, 5) is 25.4. The van der Waals surface area contributed by atoms with Crippen LogP contribution in [0, 0.1) is 0 Å². The molecule has 2 fully saturated rings. The molecular weight excluding hydrogens is 604 g/mol. The van der Waals surface area contributed by atoms with Crippen molar-refractivity contribution in [2.24, 2.45) is 0 Å². The lowest BCUT2D eigenvalue weighted by Crippen LogP contribution is -2.46. The third-order valence-electron chi connectivity index (χ3n) is 7.94. The first-order chi connectivity index (χ1) is 21.1. The number of aromatic nitrogens is 4. The van der Waals surface area contributed by atoms with Crippen LogP contribution in [0.2, 0.25) is 0 Å². The molecule has 44 heavy (non-hydrogen) atoms. The van der Waals surface area contributed by atoms with E-state index in [0.29, 0.717) is 36.1 Å². The van der Waals surface area contributed by atoms with E-state index in [1.807, 2.05) is 11.9 Å². The Morgan fingerprint density at radius 2 is 2.05 bits per heavy atom. The molecule has 3 atom stereocenters. The van der Waals surface area contributed by atoms with Crippen molar-refractivity contribution in [3.8, 4) is 11.5 Å². The van der Waals surface area contributed by atoms with Gasteiger partial charge < -0.3 is 34.3 Å². The second-order valence-corrected chi connectivity index (χ2v) is 11.9. The number of fused-ring (bicyclic) bond motifs is 1. The lowest BCUT2D eigenvalue weighted by Gasteiger charge is -2.33. The van der Waals surface area contributed by atoms with Gasteiger partial charge in [0.2, 0.25) is 11.7 Å². The van der Waals surface area contributed by atoms with Crippen molar-refractivity contribution in [3.63, 3.8) is 0 Å². The van der Waals surface area contributed by atoms with Gasteiger partial charge in [-0.1, -0.05) is 11.2 Å². The minimum Gasteiger partial charge on any atom is -0.380 e. The van der Waals surface area contributed by atoms with Crippen molar-refractivity contribution >= 4 is 39.0 Å². The van der Waals surface area contributed by atoms with Crippen molar-refractivity contribution in [1.82, 2.24) is 29.9 Å². The lowest BCUT2D eigenvalue weighted by atomic mass is 10.0. The van der Waals surface area contributed by atoms with Gasteiger partial charge in [-0.15, -0.1) is 11.3 Å². The first-order valence-corrected chi connectivity index (χ1v) is 15.1. The number of hydrogen-bond donors (Lipinski definition) is 2. The highest BCUT2D eigenvalue weighted by molar-refractivity contribution is 7.13. The van der Waals surface area contributed by atoms with E-state index >= 15 is 0 Å². The lowest BCUT2D eigenvalue weighted by molar-refractivity contribution is -0.139. The molecule has 2 N–H and O–H groups in total. The van der Waals surface area contributed by atoms with Crippen LogP contribution in [-0.4, -0.2) is 95.3 Å². The molecule has 4 aromatic rings. The number of carbonyl (C=O) groups is 1. The number of hydrogen-bond acceptors (Lipinski definition) is 10. The Balaban J connectivity index is 1.20. The molecule has 1 amide bonds. The van der Waals surface area contributed by atoms with E-state index in [0.717, 1.165) is 22.7 Å². The number of methoxy groups -OCH3 is 1. The maximum absolute atomic E-state index is 14.8. The normalized spacial score (nSPS) is 21.3. The van der Waals surface area contributed by atoms with Gasteiger partial charge in [-0.25, -0.2) is 9.37 Å². The highest BCUT2D eigenvalue weighted by Crippen LogP contribution is 2.35. The fourth-order valence-electron chi connectivity index (χ4n) is 5.65. The fourth-order valence-corrected chi connectivity index (χ4v) is 6.49. The highest BCUT2D eigenvalue weighted by atomic mass is 32.1. The smallest absolute Gasteiger partial charge is 0.380 e. The Hall–Kier alpha value is -3.76. The third kappa shape index (κ3) is 6.51. The molecule has 6 rings (SSSR count). The van der Waals surface area contributed by atoms with E-state index in [-0.39, 0.29) is 42.3 Å². The van der Waals surface area contributed by atoms with Gasteiger partial charge in [0.1, 0.15) is 18.4 Å². The number of nitrogens with one attached hydrogen (secondary N) is 2. The molecule has 3 aromatic heterocycles. The molecule has 0 aliphatic carbocycles. The zero-order valence-corrected chi connectivity index (χ0v) is 24.9. The second-order valence-electron chi connectivity index (χ2n) is 11.1. The minimum absolute atomic E-state index is 0.0139. The molecule has 1 aromatic carbocycles. The standard InChI is InChI=1S/C28H32F4N8O3S/c1-38-8-7-20(18(29)13-38)34-19-4-3-5-22-17(19)10-23(40(22)15-28(30,31)32)25-36-24(43-37-25)11-33-26(41)21-14-44-27(35-21)39-9-6-16(12-39)42-2/h3-5,10,14,16,18,20,34H,6-9,11-13,15H2,1-2H3,(H,33,41)/t16-,18-,20+/m0/s1. The summed E-state index contributed by atoms with van der Waals surface area (Å²) in [7, 11) is 3.51. The van der Waals surface area contributed by atoms with Crippen molar-refractivity contribution in [2.45, 2.75) is 50.4 Å². The Labute approximate surface area is 254 Å². The van der Waals surface area contributed by atoms with Gasteiger partial charge in [-0.3, -0.25) is 4.79 Å². The van der Waals surface area contributed by atoms with Gasteiger partial charge >= 0.3 is 6.18 Å². The summed E-state index contributed by atoms with van der Waals surface area (Å²) >= 11 is 1.36. The number of nitrogens with zero attached hydrogens (tertiary/aromatic N) is 6. The summed E-state index contributed by atoms with van der Waals surface area (Å²) in [5, 5.41) is 12.7. The third-order valence-corrected chi connectivity index (χ3v) is 8.84. The van der Waals surface area contributed by atoms with E-state index in [9.17, 15) is 22.4 Å². The predicted molar refractivity (Wildman–Crippen MR) is 157 cm³/mol. The molecule has 0 spiro atoms. The minimum atomic E-state index is -4.53. The number of rotatable bonds is 9. The molecule has 0 unspecified atom stereocenters. The first-order valence-electron chi connectivity index (χ1n) is 14.2. The van der Waals surface area contributed by atoms with Gasteiger partial charge in [-0.05, 0) is 38.1 Å². The molecule has 236 valence electrons. The first kappa shape index (κ1) is 30.3. The van der Waals surface area contributed by atoms with Crippen LogP contribution in [0.5, 0.6) is 0 Å². The van der Waals surface area contributed by atoms with Crippen molar-refractivity contribution in [2.75, 3.05) is 50.6 Å². The SMILES string of the molecule is CO[C@H]1CCN(c2nc(C(=O)NCc3nc(-c4cc5c(N[C@@H]6CCN(C)C[C@@H]6F)cccc5n4CC(F)(F)F)no3)cs2)C1. The number of halogens is 4. The highest BCUT2D eigenvalue weighted by Gasteiger charge is 2.32. The summed E-state index contributed by atoms with van der Waals surface area (Å²) in [6.45, 7) is 1.03. The van der Waals surface area contributed by atoms with Gasteiger partial charge in [0.05, 0.1) is 29.9 Å². The monoisotopic (exact) mass is 636 g/mol. The molecule has 2 aliphatic heterocycles. The predicted octanol–water partition coefficient (Wildman–Crippen LogP) is 4.32. The van der Waals surface area contributed by atoms with Gasteiger partial charge in [0.15, 0.2) is 5.13 Å². The van der Waals surface area contributed by atoms with Gasteiger partial charge in [-0.2, -0.15) is 18.2 Å². The Bertz CT molecular complexity index is 1620. The van der Waals surface area contributed by atoms with Crippen molar-refractivity contribution < 1.29 is 31.6 Å². The van der Waals surface area contributed by atoms with Crippen LogP contribution in [-0.2, 0) is 17.8 Å². The summed E-state index contributed by atoms with van der Waals surface area (Å²) in [5.41, 5.74) is 1.12. The van der Waals surface area contributed by atoms with E-state index in [1.165, 1.54) is 11.3 Å². The maximum atomic E-state index is 14.8. The number of thiazole rings is 1. The summed E-state index contributed by atoms with van der Waals surface area (Å²) in [6.07, 6.45) is -4.10. The zero-order valence-electron chi connectivity index (χ0n) is 24.1. The number of anilines is 2. The molecule has 2 aliphatic rings. The molecule has 0 bridgehead atoms. The van der Waals surface area contributed by atoms with E-state index in [2.05, 4.69) is 30.7 Å². The summed E-state index contributed by atoms with van der Waals surface area (Å²) in [5.74, 6) is -0.502. The maximum Gasteiger partial charge on any atom is 0.406 e. The molecule has 0 radical (unpaired) electrons. The number of piperidine rings is 1. The van der Waals surface area contributed by atoms with Crippen LogP contribution in [0.3, 0.4) is 0 Å².